The fourth-order valence-electron chi connectivity index (χ4n) is 2.54. The molecule has 1 unspecified atom stereocenters. The Morgan fingerprint density at radius 2 is 1.97 bits per heavy atom. The van der Waals surface area contributed by atoms with E-state index in [1.165, 1.54) is 13.2 Å². The number of anilines is 1. The van der Waals surface area contributed by atoms with Gasteiger partial charge in [0, 0.05) is 18.4 Å². The zero-order valence-corrected chi connectivity index (χ0v) is 16.7. The van der Waals surface area contributed by atoms with Gasteiger partial charge >= 0.3 is 12.1 Å². The maximum Gasteiger partial charge on any atom is 0.416 e. The second kappa shape index (κ2) is 9.94. The molecule has 0 aromatic heterocycles. The van der Waals surface area contributed by atoms with Crippen molar-refractivity contribution in [2.24, 2.45) is 5.92 Å². The molecule has 8 nitrogen and oxygen atoms in total. The van der Waals surface area contributed by atoms with Crippen molar-refractivity contribution in [3.63, 3.8) is 0 Å². The fourth-order valence-corrected chi connectivity index (χ4v) is 3.94. The van der Waals surface area contributed by atoms with Crippen molar-refractivity contribution < 1.29 is 45.4 Å². The average molecular weight is 451 g/mol. The van der Waals surface area contributed by atoms with Gasteiger partial charge in [-0.05, 0) is 18.2 Å². The molecule has 2 rings (SSSR count). The maximum absolute atomic E-state index is 13.0. The normalized spacial score (nSPS) is 17.5. The van der Waals surface area contributed by atoms with E-state index >= 15 is 0 Å². The van der Waals surface area contributed by atoms with Crippen LogP contribution in [0.15, 0.2) is 29.7 Å². The highest BCUT2D eigenvalue weighted by atomic mass is 32.2. The number of methoxy groups -OCH3 is 1. The number of halogens is 3. The Hall–Kier alpha value is -2.60. The Bertz CT molecular complexity index is 913. The van der Waals surface area contributed by atoms with E-state index in [9.17, 15) is 31.2 Å². The highest BCUT2D eigenvalue weighted by Crippen LogP contribution is 2.35. The lowest BCUT2D eigenvalue weighted by molar-refractivity contribution is -0.147. The third-order valence-electron chi connectivity index (χ3n) is 3.92. The quantitative estimate of drug-likeness (QED) is 0.453. The molecule has 1 heterocycles. The predicted octanol–water partition coefficient (Wildman–Crippen LogP) is 2.16. The highest BCUT2D eigenvalue weighted by Gasteiger charge is 2.31. The van der Waals surface area contributed by atoms with Gasteiger partial charge in [0.1, 0.15) is 12.4 Å². The maximum atomic E-state index is 13.0. The van der Waals surface area contributed by atoms with Crippen LogP contribution in [0.3, 0.4) is 0 Å². The van der Waals surface area contributed by atoms with E-state index < -0.39 is 46.0 Å². The van der Waals surface area contributed by atoms with Crippen LogP contribution in [-0.2, 0) is 35.1 Å². The largest absolute Gasteiger partial charge is 0.489 e. The Balaban J connectivity index is 1.96. The summed E-state index contributed by atoms with van der Waals surface area (Å²) in [4.78, 5) is 23.8. The molecule has 0 aliphatic carbocycles. The number of alkyl halides is 3. The first kappa shape index (κ1) is 23.7. The summed E-state index contributed by atoms with van der Waals surface area (Å²) in [5.41, 5.74) is -1.24. The minimum absolute atomic E-state index is 0.0129. The molecule has 166 valence electrons. The smallest absolute Gasteiger partial charge is 0.416 e. The lowest BCUT2D eigenvalue weighted by Gasteiger charge is -2.15. The molecule has 0 bridgehead atoms. The van der Waals surface area contributed by atoms with Gasteiger partial charge in [0.2, 0.25) is 0 Å². The van der Waals surface area contributed by atoms with E-state index in [1.807, 2.05) is 0 Å². The van der Waals surface area contributed by atoms with Crippen molar-refractivity contribution in [2.45, 2.75) is 12.6 Å². The van der Waals surface area contributed by atoms with Crippen molar-refractivity contribution in [2.75, 3.05) is 38.0 Å². The first-order valence-electron chi connectivity index (χ1n) is 8.69. The molecule has 0 saturated heterocycles. The number of nitrogens with one attached hydrogen (secondary N) is 1. The first-order chi connectivity index (χ1) is 14.0. The van der Waals surface area contributed by atoms with Crippen LogP contribution in [0.5, 0.6) is 5.75 Å². The summed E-state index contributed by atoms with van der Waals surface area (Å²) in [5, 5.41) is 3.23. The van der Waals surface area contributed by atoms with Crippen LogP contribution < -0.4 is 10.1 Å². The number of carbonyl (C=O) groups excluding carboxylic acids is 2. The summed E-state index contributed by atoms with van der Waals surface area (Å²) in [5.74, 6) is -2.47. The van der Waals surface area contributed by atoms with E-state index in [-0.39, 0.29) is 36.8 Å². The van der Waals surface area contributed by atoms with Crippen LogP contribution in [0.4, 0.5) is 18.9 Å². The van der Waals surface area contributed by atoms with E-state index in [0.717, 1.165) is 17.5 Å². The second-order valence-corrected chi connectivity index (χ2v) is 8.31. The number of allylic oxidation sites excluding steroid dienone is 1. The molecule has 1 N–H and O–H groups in total. The second-order valence-electron chi connectivity index (χ2n) is 6.38. The molecule has 1 aromatic carbocycles. The molecule has 12 heteroatoms. The summed E-state index contributed by atoms with van der Waals surface area (Å²) < 4.78 is 76.4. The van der Waals surface area contributed by atoms with Crippen molar-refractivity contribution in [1.82, 2.24) is 0 Å². The summed E-state index contributed by atoms with van der Waals surface area (Å²) in [7, 11) is -1.91. The zero-order chi connectivity index (χ0) is 22.4. The Morgan fingerprint density at radius 1 is 1.23 bits per heavy atom. The number of benzene rings is 1. The number of esters is 1. The SMILES string of the molecule is COCCOc1ccc(C(F)(F)F)cc1NC(=O)COC(=O)CC1C=CS(=O)(=O)C1. The van der Waals surface area contributed by atoms with E-state index in [1.54, 1.807) is 0 Å². The van der Waals surface area contributed by atoms with Crippen LogP contribution in [0.2, 0.25) is 0 Å². The van der Waals surface area contributed by atoms with Crippen LogP contribution in [0.1, 0.15) is 12.0 Å². The third-order valence-corrected chi connectivity index (χ3v) is 5.39. The summed E-state index contributed by atoms with van der Waals surface area (Å²) >= 11 is 0. The topological polar surface area (TPSA) is 108 Å². The van der Waals surface area contributed by atoms with Gasteiger partial charge in [-0.2, -0.15) is 13.2 Å². The van der Waals surface area contributed by atoms with Crippen LogP contribution in [-0.4, -0.2) is 53.0 Å². The van der Waals surface area contributed by atoms with Gasteiger partial charge in [-0.25, -0.2) is 8.42 Å². The number of hydrogen-bond acceptors (Lipinski definition) is 7. The van der Waals surface area contributed by atoms with Gasteiger partial charge in [-0.1, -0.05) is 6.08 Å². The Kier molecular flexibility index (Phi) is 7.84. The molecule has 1 aliphatic heterocycles. The molecule has 0 spiro atoms. The van der Waals surface area contributed by atoms with Crippen molar-refractivity contribution in [3.05, 3.63) is 35.2 Å². The van der Waals surface area contributed by atoms with Gasteiger partial charge in [0.05, 0.1) is 30.0 Å². The monoisotopic (exact) mass is 451 g/mol. The Labute approximate surface area is 170 Å². The van der Waals surface area contributed by atoms with Gasteiger partial charge in [0.25, 0.3) is 5.91 Å². The first-order valence-corrected chi connectivity index (χ1v) is 10.4. The number of ether oxygens (including phenoxy) is 3. The third kappa shape index (κ3) is 7.34. The van der Waals surface area contributed by atoms with Crippen molar-refractivity contribution in [3.8, 4) is 5.75 Å². The lowest BCUT2D eigenvalue weighted by atomic mass is 10.1. The van der Waals surface area contributed by atoms with Gasteiger partial charge in [-0.3, -0.25) is 9.59 Å². The van der Waals surface area contributed by atoms with Crippen LogP contribution in [0.25, 0.3) is 0 Å². The average Bonchev–Trinajstić information content (AvgIpc) is 2.98. The minimum Gasteiger partial charge on any atom is -0.489 e. The van der Waals surface area contributed by atoms with Gasteiger partial charge < -0.3 is 19.5 Å². The summed E-state index contributed by atoms with van der Waals surface area (Å²) in [6.07, 6.45) is -3.51. The molecule has 0 fully saturated rings. The van der Waals surface area contributed by atoms with Crippen LogP contribution in [0, 0.1) is 5.92 Å². The summed E-state index contributed by atoms with van der Waals surface area (Å²) in [6, 6.07) is 2.57. The number of hydrogen-bond donors (Lipinski definition) is 1. The van der Waals surface area contributed by atoms with E-state index in [4.69, 9.17) is 14.2 Å². The van der Waals surface area contributed by atoms with Crippen LogP contribution >= 0.6 is 0 Å². The number of carbonyl (C=O) groups is 2. The molecular formula is C18H20F3NO7S. The lowest BCUT2D eigenvalue weighted by Crippen LogP contribution is -2.23. The Morgan fingerprint density at radius 3 is 2.57 bits per heavy atom. The molecule has 0 radical (unpaired) electrons. The molecule has 1 amide bonds. The predicted molar refractivity (Wildman–Crippen MR) is 99.4 cm³/mol. The molecule has 0 saturated carbocycles. The van der Waals surface area contributed by atoms with Gasteiger partial charge in [-0.15, -0.1) is 0 Å². The highest BCUT2D eigenvalue weighted by molar-refractivity contribution is 7.94. The molecular weight excluding hydrogens is 431 g/mol. The number of amides is 1. The van der Waals surface area contributed by atoms with Crippen molar-refractivity contribution >= 4 is 27.4 Å². The minimum atomic E-state index is -4.63. The number of sulfone groups is 1. The molecule has 1 aromatic rings. The summed E-state index contributed by atoms with van der Waals surface area (Å²) in [6.45, 7) is -0.537. The number of rotatable bonds is 9. The zero-order valence-electron chi connectivity index (χ0n) is 15.9. The molecule has 30 heavy (non-hydrogen) atoms. The van der Waals surface area contributed by atoms with Crippen molar-refractivity contribution in [1.29, 1.82) is 0 Å². The van der Waals surface area contributed by atoms with E-state index in [2.05, 4.69) is 5.32 Å². The van der Waals surface area contributed by atoms with Gasteiger partial charge in [0.15, 0.2) is 16.4 Å². The fraction of sp³-hybridized carbons (Fsp3) is 0.444. The standard InChI is InChI=1S/C18H20F3NO7S/c1-27-5-6-28-15-3-2-13(18(19,20)21)9-14(15)22-16(23)10-29-17(24)8-12-4-7-30(25,26)11-12/h2-4,7,9,12H,5-6,8,10-11H2,1H3,(H,22,23). The molecule has 1 aliphatic rings. The molecule has 1 atom stereocenters. The van der Waals surface area contributed by atoms with E-state index in [0.29, 0.717) is 6.07 Å².